The number of allylic oxidation sites excluding steroid dienone is 2. The average Bonchev–Trinajstić information content (AvgIpc) is 3.21. The minimum atomic E-state index is -4.52. The molecule has 0 heterocycles. The quantitative estimate of drug-likeness (QED) is 0.0237. The Labute approximate surface area is 358 Å². The summed E-state index contributed by atoms with van der Waals surface area (Å²) in [6, 6.07) is 0. The van der Waals surface area contributed by atoms with Crippen molar-refractivity contribution in [1.29, 1.82) is 0 Å². The number of ether oxygens (including phenoxy) is 2. The zero-order valence-corrected chi connectivity index (χ0v) is 38.9. The summed E-state index contributed by atoms with van der Waals surface area (Å²) in [6.07, 6.45) is 47.6. The molecule has 9 nitrogen and oxygen atoms in total. The molecule has 346 valence electrons. The Morgan fingerprint density at radius 1 is 0.517 bits per heavy atom. The van der Waals surface area contributed by atoms with E-state index in [0.717, 1.165) is 51.4 Å². The van der Waals surface area contributed by atoms with Gasteiger partial charge in [0, 0.05) is 13.0 Å². The zero-order chi connectivity index (χ0) is 42.5. The summed E-state index contributed by atoms with van der Waals surface area (Å²) in [5, 5.41) is 18.4. The fourth-order valence-corrected chi connectivity index (χ4v) is 7.97. The number of carbonyl (C=O) groups excluding carboxylic acids is 1. The Morgan fingerprint density at radius 3 is 1.31 bits per heavy atom. The summed E-state index contributed by atoms with van der Waals surface area (Å²) in [5.74, 6) is -0.387. The fourth-order valence-electron chi connectivity index (χ4n) is 7.18. The lowest BCUT2D eigenvalue weighted by Gasteiger charge is -2.20. The van der Waals surface area contributed by atoms with E-state index in [4.69, 9.17) is 23.6 Å². The van der Waals surface area contributed by atoms with E-state index >= 15 is 0 Å². The number of phosphoric ester groups is 1. The number of unbranched alkanes of at least 4 members (excludes halogenated alkanes) is 32. The van der Waals surface area contributed by atoms with Gasteiger partial charge in [0.1, 0.15) is 12.2 Å². The van der Waals surface area contributed by atoms with Crippen LogP contribution in [0.3, 0.4) is 0 Å². The molecule has 0 bridgehead atoms. The van der Waals surface area contributed by atoms with Crippen LogP contribution < -0.4 is 0 Å². The third kappa shape index (κ3) is 44.7. The van der Waals surface area contributed by atoms with Crippen LogP contribution in [0.1, 0.15) is 245 Å². The molecule has 58 heavy (non-hydrogen) atoms. The SMILES string of the molecule is CCCCCC/C=C\CCCCCCCC(=O)OC(COCCCCCCCCCCCCCCCCCCCCCCCCCC)COP(=O)(O)OCC(O)CO. The molecule has 3 N–H and O–H groups in total. The van der Waals surface area contributed by atoms with Crippen molar-refractivity contribution in [2.45, 2.75) is 257 Å². The standard InChI is InChI=1S/C48H95O9P/c1-3-5-7-9-11-13-15-17-18-19-20-21-22-23-24-25-26-27-29-31-33-35-37-39-41-54-44-47(45-56-58(52,53)55-43-46(50)42-49)57-48(51)40-38-36-34-32-30-28-16-14-12-10-8-6-4-2/h14,16,46-47,49-50H,3-13,15,17-45H2,1-2H3,(H,52,53)/b16-14-. The molecule has 0 aliphatic heterocycles. The van der Waals surface area contributed by atoms with Gasteiger partial charge in [-0.1, -0.05) is 212 Å². The summed E-state index contributed by atoms with van der Waals surface area (Å²) < 4.78 is 33.4. The summed E-state index contributed by atoms with van der Waals surface area (Å²) in [6.45, 7) is 3.55. The summed E-state index contributed by atoms with van der Waals surface area (Å²) in [7, 11) is -4.52. The number of hydrogen-bond acceptors (Lipinski definition) is 8. The summed E-state index contributed by atoms with van der Waals surface area (Å²) >= 11 is 0. The van der Waals surface area contributed by atoms with Gasteiger partial charge in [-0.2, -0.15) is 0 Å². The Hall–Kier alpha value is -0.800. The van der Waals surface area contributed by atoms with Crippen LogP contribution in [0.2, 0.25) is 0 Å². The number of phosphoric acid groups is 1. The number of aliphatic hydroxyl groups is 2. The molecule has 0 saturated heterocycles. The minimum absolute atomic E-state index is 0.0521. The number of carbonyl (C=O) groups is 1. The average molecular weight is 847 g/mol. The second-order valence-electron chi connectivity index (χ2n) is 16.8. The van der Waals surface area contributed by atoms with E-state index in [9.17, 15) is 19.4 Å². The van der Waals surface area contributed by atoms with E-state index in [1.807, 2.05) is 0 Å². The van der Waals surface area contributed by atoms with Gasteiger partial charge in [0.2, 0.25) is 0 Å². The minimum Gasteiger partial charge on any atom is -0.457 e. The van der Waals surface area contributed by atoms with Crippen LogP contribution in [0.4, 0.5) is 0 Å². The van der Waals surface area contributed by atoms with E-state index in [1.54, 1.807) is 0 Å². The van der Waals surface area contributed by atoms with Crippen LogP contribution in [0.5, 0.6) is 0 Å². The number of hydrogen-bond donors (Lipinski definition) is 3. The lowest BCUT2D eigenvalue weighted by Crippen LogP contribution is -2.29. The van der Waals surface area contributed by atoms with Crippen molar-refractivity contribution in [2.75, 3.05) is 33.0 Å². The maximum absolute atomic E-state index is 12.6. The first-order valence-electron chi connectivity index (χ1n) is 24.7. The Morgan fingerprint density at radius 2 is 0.879 bits per heavy atom. The molecule has 0 radical (unpaired) electrons. The second kappa shape index (κ2) is 45.7. The van der Waals surface area contributed by atoms with E-state index in [2.05, 4.69) is 26.0 Å². The molecule has 0 aliphatic rings. The van der Waals surface area contributed by atoms with Crippen molar-refractivity contribution in [2.24, 2.45) is 0 Å². The zero-order valence-electron chi connectivity index (χ0n) is 38.0. The van der Waals surface area contributed by atoms with Crippen LogP contribution in [0.15, 0.2) is 12.2 Å². The molecule has 0 amide bonds. The molecule has 0 rings (SSSR count). The molecule has 0 aromatic heterocycles. The highest BCUT2D eigenvalue weighted by molar-refractivity contribution is 7.47. The van der Waals surface area contributed by atoms with Crippen molar-refractivity contribution in [3.63, 3.8) is 0 Å². The second-order valence-corrected chi connectivity index (χ2v) is 18.3. The normalized spacial score (nSPS) is 13.9. The van der Waals surface area contributed by atoms with Gasteiger partial charge in [0.15, 0.2) is 0 Å². The van der Waals surface area contributed by atoms with Gasteiger partial charge in [-0.05, 0) is 38.5 Å². The van der Waals surface area contributed by atoms with Gasteiger partial charge in [-0.15, -0.1) is 0 Å². The number of esters is 1. The topological polar surface area (TPSA) is 132 Å². The largest absolute Gasteiger partial charge is 0.472 e. The summed E-state index contributed by atoms with van der Waals surface area (Å²) in [4.78, 5) is 22.6. The Bertz CT molecular complexity index is 918. The number of aliphatic hydroxyl groups excluding tert-OH is 2. The van der Waals surface area contributed by atoms with Gasteiger partial charge in [0.05, 0.1) is 26.4 Å². The van der Waals surface area contributed by atoms with Crippen molar-refractivity contribution >= 4 is 13.8 Å². The van der Waals surface area contributed by atoms with E-state index in [0.29, 0.717) is 6.61 Å². The van der Waals surface area contributed by atoms with Crippen molar-refractivity contribution in [1.82, 2.24) is 0 Å². The van der Waals surface area contributed by atoms with Gasteiger partial charge < -0.3 is 24.6 Å². The molecule has 0 saturated carbocycles. The fraction of sp³-hybridized carbons (Fsp3) is 0.938. The number of rotatable bonds is 48. The molecular formula is C48H95O9P. The van der Waals surface area contributed by atoms with Crippen LogP contribution >= 0.6 is 7.82 Å². The maximum atomic E-state index is 12.6. The first-order valence-corrected chi connectivity index (χ1v) is 26.2. The molecule has 0 aromatic carbocycles. The van der Waals surface area contributed by atoms with Crippen molar-refractivity contribution < 1.29 is 43.0 Å². The van der Waals surface area contributed by atoms with Crippen LogP contribution in [-0.2, 0) is 27.9 Å². The molecule has 3 atom stereocenters. The molecule has 0 spiro atoms. The summed E-state index contributed by atoms with van der Waals surface area (Å²) in [5.41, 5.74) is 0. The van der Waals surface area contributed by atoms with Crippen LogP contribution in [0.25, 0.3) is 0 Å². The van der Waals surface area contributed by atoms with Gasteiger partial charge in [-0.3, -0.25) is 13.8 Å². The maximum Gasteiger partial charge on any atom is 0.472 e. The smallest absolute Gasteiger partial charge is 0.457 e. The highest BCUT2D eigenvalue weighted by atomic mass is 31.2. The van der Waals surface area contributed by atoms with Crippen molar-refractivity contribution in [3.05, 3.63) is 12.2 Å². The predicted molar refractivity (Wildman–Crippen MR) is 242 cm³/mol. The lowest BCUT2D eigenvalue weighted by atomic mass is 10.0. The first kappa shape index (κ1) is 57.2. The van der Waals surface area contributed by atoms with Crippen molar-refractivity contribution in [3.8, 4) is 0 Å². The third-order valence-corrected chi connectivity index (χ3v) is 11.9. The first-order chi connectivity index (χ1) is 28.3. The highest BCUT2D eigenvalue weighted by Crippen LogP contribution is 2.43. The monoisotopic (exact) mass is 847 g/mol. The molecule has 0 aliphatic carbocycles. The van der Waals surface area contributed by atoms with Gasteiger partial charge in [-0.25, -0.2) is 4.57 Å². The Kier molecular flexibility index (Phi) is 45.1. The molecular weight excluding hydrogens is 751 g/mol. The van der Waals surface area contributed by atoms with Gasteiger partial charge in [0.25, 0.3) is 0 Å². The third-order valence-electron chi connectivity index (χ3n) is 11.0. The molecule has 0 fully saturated rings. The molecule has 3 unspecified atom stereocenters. The van der Waals surface area contributed by atoms with E-state index in [1.165, 1.54) is 173 Å². The Balaban J connectivity index is 3.98. The predicted octanol–water partition coefficient (Wildman–Crippen LogP) is 14.0. The molecule has 0 aromatic rings. The van der Waals surface area contributed by atoms with Crippen LogP contribution in [0, 0.1) is 0 Å². The highest BCUT2D eigenvalue weighted by Gasteiger charge is 2.26. The molecule has 10 heteroatoms. The van der Waals surface area contributed by atoms with E-state index in [-0.39, 0.29) is 25.6 Å². The lowest BCUT2D eigenvalue weighted by molar-refractivity contribution is -0.154. The van der Waals surface area contributed by atoms with Gasteiger partial charge >= 0.3 is 13.8 Å². The van der Waals surface area contributed by atoms with E-state index < -0.39 is 33.2 Å². The van der Waals surface area contributed by atoms with Crippen LogP contribution in [-0.4, -0.2) is 66.3 Å².